The van der Waals surface area contributed by atoms with Crippen LogP contribution in [0, 0.1) is 6.92 Å². The first-order chi connectivity index (χ1) is 16.3. The van der Waals surface area contributed by atoms with Gasteiger partial charge in [-0.1, -0.05) is 78.4 Å². The summed E-state index contributed by atoms with van der Waals surface area (Å²) in [7, 11) is -4.11. The zero-order valence-corrected chi connectivity index (χ0v) is 19.9. The molecule has 0 spiro atoms. The highest BCUT2D eigenvalue weighted by Gasteiger charge is 2.58. The summed E-state index contributed by atoms with van der Waals surface area (Å²) in [6.45, 7) is 3.78. The Morgan fingerprint density at radius 3 is 2.09 bits per heavy atom. The van der Waals surface area contributed by atoms with Gasteiger partial charge in [-0.25, -0.2) is 13.2 Å². The van der Waals surface area contributed by atoms with E-state index in [0.29, 0.717) is 5.56 Å². The maximum absolute atomic E-state index is 13.9. The molecule has 1 amide bonds. The number of hydrogen-bond donors (Lipinski definition) is 0. The third-order valence-electron chi connectivity index (χ3n) is 6.12. The molecule has 1 saturated heterocycles. The van der Waals surface area contributed by atoms with E-state index in [2.05, 4.69) is 0 Å². The largest absolute Gasteiger partial charge is 0.464 e. The lowest BCUT2D eigenvalue weighted by Gasteiger charge is -2.27. The number of likely N-dealkylation sites (tertiary alicyclic amines) is 1. The van der Waals surface area contributed by atoms with Gasteiger partial charge in [0.2, 0.25) is 5.91 Å². The van der Waals surface area contributed by atoms with Crippen molar-refractivity contribution in [2.75, 3.05) is 6.61 Å². The predicted octanol–water partition coefficient (Wildman–Crippen LogP) is 3.90. The Morgan fingerprint density at radius 1 is 0.912 bits per heavy atom. The van der Waals surface area contributed by atoms with E-state index in [4.69, 9.17) is 4.74 Å². The van der Waals surface area contributed by atoms with E-state index in [0.717, 1.165) is 11.1 Å². The van der Waals surface area contributed by atoms with E-state index in [9.17, 15) is 18.0 Å². The van der Waals surface area contributed by atoms with Crippen molar-refractivity contribution in [2.24, 2.45) is 0 Å². The minimum Gasteiger partial charge on any atom is -0.464 e. The Labute approximate surface area is 200 Å². The topological polar surface area (TPSA) is 80.8 Å². The Kier molecular flexibility index (Phi) is 6.84. The summed E-state index contributed by atoms with van der Waals surface area (Å²) < 4.78 is 33.1. The molecule has 34 heavy (non-hydrogen) atoms. The number of amides is 1. The van der Waals surface area contributed by atoms with Gasteiger partial charge in [-0.2, -0.15) is 0 Å². The Hall–Kier alpha value is -3.45. The number of hydrogen-bond acceptors (Lipinski definition) is 5. The molecule has 1 aliphatic heterocycles. The maximum atomic E-state index is 13.9. The van der Waals surface area contributed by atoms with Gasteiger partial charge in [0.15, 0.2) is 15.1 Å². The van der Waals surface area contributed by atoms with E-state index >= 15 is 0 Å². The molecule has 0 N–H and O–H groups in total. The fourth-order valence-corrected chi connectivity index (χ4v) is 6.41. The van der Waals surface area contributed by atoms with Gasteiger partial charge in [0.1, 0.15) is 6.04 Å². The number of nitrogens with zero attached hydrogens (tertiary/aromatic N) is 1. The lowest BCUT2D eigenvalue weighted by atomic mass is 9.91. The molecule has 1 heterocycles. The van der Waals surface area contributed by atoms with Gasteiger partial charge >= 0.3 is 5.97 Å². The van der Waals surface area contributed by atoms with Crippen LogP contribution < -0.4 is 0 Å². The van der Waals surface area contributed by atoms with Crippen LogP contribution in [0.2, 0.25) is 0 Å². The third-order valence-corrected chi connectivity index (χ3v) is 8.21. The van der Waals surface area contributed by atoms with Crippen molar-refractivity contribution in [2.45, 2.75) is 42.5 Å². The predicted molar refractivity (Wildman–Crippen MR) is 129 cm³/mol. The number of rotatable bonds is 7. The number of aryl methyl sites for hydroxylation is 1. The lowest BCUT2D eigenvalue weighted by Crippen LogP contribution is -2.41. The molecule has 1 fully saturated rings. The second kappa shape index (κ2) is 9.81. The molecular formula is C27H27NO5S. The summed E-state index contributed by atoms with van der Waals surface area (Å²) in [5.74, 6) is -2.12. The fraction of sp³-hybridized carbons (Fsp3) is 0.259. The fourth-order valence-electron chi connectivity index (χ4n) is 4.50. The molecule has 0 aliphatic carbocycles. The maximum Gasteiger partial charge on any atom is 0.329 e. The van der Waals surface area contributed by atoms with Gasteiger partial charge in [0.05, 0.1) is 11.5 Å². The lowest BCUT2D eigenvalue weighted by molar-refractivity contribution is -0.152. The first-order valence-electron chi connectivity index (χ1n) is 11.2. The van der Waals surface area contributed by atoms with Gasteiger partial charge in [0, 0.05) is 12.5 Å². The van der Waals surface area contributed by atoms with Crippen LogP contribution in [0.25, 0.3) is 0 Å². The number of carbonyl (C=O) groups is 2. The van der Waals surface area contributed by atoms with Crippen LogP contribution in [0.15, 0.2) is 89.8 Å². The molecule has 0 saturated carbocycles. The number of sulfone groups is 1. The first-order valence-corrected chi connectivity index (χ1v) is 12.8. The monoisotopic (exact) mass is 477 g/mol. The van der Waals surface area contributed by atoms with Crippen molar-refractivity contribution in [3.05, 3.63) is 102 Å². The quantitative estimate of drug-likeness (QED) is 0.482. The molecule has 3 atom stereocenters. The average molecular weight is 478 g/mol. The van der Waals surface area contributed by atoms with Gasteiger partial charge in [-0.05, 0) is 37.1 Å². The molecule has 6 nitrogen and oxygen atoms in total. The second-order valence-electron chi connectivity index (χ2n) is 8.36. The molecule has 0 unspecified atom stereocenters. The molecule has 4 rings (SSSR count). The molecular weight excluding hydrogens is 450 g/mol. The summed E-state index contributed by atoms with van der Waals surface area (Å²) in [4.78, 5) is 28.5. The van der Waals surface area contributed by atoms with Crippen molar-refractivity contribution < 1.29 is 22.7 Å². The van der Waals surface area contributed by atoms with Crippen LogP contribution in [0.4, 0.5) is 0 Å². The highest BCUT2D eigenvalue weighted by Crippen LogP contribution is 2.42. The van der Waals surface area contributed by atoms with E-state index in [1.54, 1.807) is 43.3 Å². The standard InChI is InChI=1S/C27H27NO5S/c1-3-33-27(30)24-23(21-12-8-5-9-13-21)25(34(31,32)22-16-14-19(2)15-17-22)26(29)28(24)18-20-10-6-4-7-11-20/h4-17,23-25H,3,18H2,1-2H3/t23-,24+,25+/m0/s1. The van der Waals surface area contributed by atoms with Crippen molar-refractivity contribution >= 4 is 21.7 Å². The van der Waals surface area contributed by atoms with Crippen molar-refractivity contribution in [1.29, 1.82) is 0 Å². The van der Waals surface area contributed by atoms with E-state index in [1.165, 1.54) is 17.0 Å². The molecule has 176 valence electrons. The normalized spacial score (nSPS) is 20.4. The van der Waals surface area contributed by atoms with Crippen molar-refractivity contribution in [3.8, 4) is 0 Å². The van der Waals surface area contributed by atoms with Gasteiger partial charge < -0.3 is 9.64 Å². The van der Waals surface area contributed by atoms with Gasteiger partial charge in [-0.15, -0.1) is 0 Å². The number of esters is 1. The van der Waals surface area contributed by atoms with E-state index in [-0.39, 0.29) is 18.0 Å². The third kappa shape index (κ3) is 4.48. The molecule has 0 bridgehead atoms. The molecule has 3 aromatic carbocycles. The summed E-state index contributed by atoms with van der Waals surface area (Å²) in [6.07, 6.45) is 0. The van der Waals surface area contributed by atoms with Crippen molar-refractivity contribution in [1.82, 2.24) is 4.90 Å². The van der Waals surface area contributed by atoms with Crippen LogP contribution in [0.5, 0.6) is 0 Å². The SMILES string of the molecule is CCOC(=O)[C@H]1[C@H](c2ccccc2)[C@@H](S(=O)(=O)c2ccc(C)cc2)C(=O)N1Cc1ccccc1. The Morgan fingerprint density at radius 2 is 1.50 bits per heavy atom. The summed E-state index contributed by atoms with van der Waals surface area (Å²) in [5.41, 5.74) is 2.31. The number of ether oxygens (including phenoxy) is 1. The molecule has 1 aliphatic rings. The molecule has 7 heteroatoms. The highest BCUT2D eigenvalue weighted by molar-refractivity contribution is 7.93. The minimum atomic E-state index is -4.11. The van der Waals surface area contributed by atoms with Crippen LogP contribution in [0.1, 0.15) is 29.5 Å². The van der Waals surface area contributed by atoms with Crippen molar-refractivity contribution in [3.63, 3.8) is 0 Å². The minimum absolute atomic E-state index is 0.0570. The molecule has 0 radical (unpaired) electrons. The number of benzene rings is 3. The van der Waals surface area contributed by atoms with Crippen LogP contribution in [-0.4, -0.2) is 43.1 Å². The highest BCUT2D eigenvalue weighted by atomic mass is 32.2. The summed E-state index contributed by atoms with van der Waals surface area (Å²) in [6, 6.07) is 23.5. The van der Waals surface area contributed by atoms with E-state index < -0.39 is 38.9 Å². The average Bonchev–Trinajstić information content (AvgIpc) is 3.13. The van der Waals surface area contributed by atoms with Gasteiger partial charge in [-0.3, -0.25) is 4.79 Å². The van der Waals surface area contributed by atoms with Gasteiger partial charge in [0.25, 0.3) is 0 Å². The Bertz CT molecular complexity index is 1260. The number of carbonyl (C=O) groups excluding carboxylic acids is 2. The van der Waals surface area contributed by atoms with Crippen LogP contribution >= 0.6 is 0 Å². The van der Waals surface area contributed by atoms with E-state index in [1.807, 2.05) is 43.3 Å². The zero-order valence-electron chi connectivity index (χ0n) is 19.1. The summed E-state index contributed by atoms with van der Waals surface area (Å²) in [5, 5.41) is -1.45. The first kappa shape index (κ1) is 23.7. The summed E-state index contributed by atoms with van der Waals surface area (Å²) >= 11 is 0. The smallest absolute Gasteiger partial charge is 0.329 e. The molecule has 0 aromatic heterocycles. The Balaban J connectivity index is 1.88. The zero-order chi connectivity index (χ0) is 24.3. The molecule has 3 aromatic rings. The second-order valence-corrected chi connectivity index (χ2v) is 10.4. The van der Waals surface area contributed by atoms with Crippen LogP contribution in [-0.2, 0) is 30.7 Å². The van der Waals surface area contributed by atoms with Crippen LogP contribution in [0.3, 0.4) is 0 Å².